The number of rotatable bonds is 4. The van der Waals surface area contributed by atoms with Crippen molar-refractivity contribution in [3.8, 4) is 5.69 Å². The molecule has 0 unspecified atom stereocenters. The fourth-order valence-corrected chi connectivity index (χ4v) is 3.42. The second kappa shape index (κ2) is 6.70. The minimum absolute atomic E-state index is 0.0861. The highest BCUT2D eigenvalue weighted by molar-refractivity contribution is 5.95. The summed E-state index contributed by atoms with van der Waals surface area (Å²) in [5.41, 5.74) is 4.48. The average molecular weight is 341 g/mol. The van der Waals surface area contributed by atoms with Crippen molar-refractivity contribution in [2.45, 2.75) is 46.1 Å². The molecule has 0 spiro atoms. The third-order valence-corrected chi connectivity index (χ3v) is 4.96. The van der Waals surface area contributed by atoms with E-state index < -0.39 is 5.97 Å². The summed E-state index contributed by atoms with van der Waals surface area (Å²) in [6.07, 6.45) is 3.38. The fourth-order valence-electron chi connectivity index (χ4n) is 3.42. The first-order valence-electron chi connectivity index (χ1n) is 8.52. The van der Waals surface area contributed by atoms with Crippen LogP contribution in [-0.4, -0.2) is 32.8 Å². The number of carboxylic acids is 1. The Morgan fingerprint density at radius 2 is 2.00 bits per heavy atom. The van der Waals surface area contributed by atoms with Crippen LogP contribution in [0.25, 0.3) is 5.69 Å². The summed E-state index contributed by atoms with van der Waals surface area (Å²) >= 11 is 0. The number of nitrogens with one attached hydrogen (secondary N) is 1. The van der Waals surface area contributed by atoms with E-state index >= 15 is 0 Å². The van der Waals surface area contributed by atoms with E-state index in [0.717, 1.165) is 22.5 Å². The first kappa shape index (κ1) is 17.2. The number of benzene rings is 1. The number of aromatic nitrogens is 2. The van der Waals surface area contributed by atoms with E-state index in [0.29, 0.717) is 24.8 Å². The normalized spacial score (nSPS) is 19.8. The van der Waals surface area contributed by atoms with E-state index in [4.69, 9.17) is 5.11 Å². The minimum atomic E-state index is -0.782. The van der Waals surface area contributed by atoms with Crippen molar-refractivity contribution in [1.82, 2.24) is 15.1 Å². The Hall–Kier alpha value is -2.63. The molecule has 2 N–H and O–H groups in total. The largest absolute Gasteiger partial charge is 0.481 e. The van der Waals surface area contributed by atoms with Crippen molar-refractivity contribution < 1.29 is 14.7 Å². The van der Waals surface area contributed by atoms with Gasteiger partial charge in [-0.15, -0.1) is 0 Å². The summed E-state index contributed by atoms with van der Waals surface area (Å²) in [5, 5.41) is 16.4. The van der Waals surface area contributed by atoms with Crippen molar-refractivity contribution in [3.05, 3.63) is 46.8 Å². The third-order valence-electron chi connectivity index (χ3n) is 4.96. The van der Waals surface area contributed by atoms with Gasteiger partial charge in [-0.25, -0.2) is 4.68 Å². The second-order valence-electron chi connectivity index (χ2n) is 6.86. The monoisotopic (exact) mass is 341 g/mol. The van der Waals surface area contributed by atoms with E-state index in [1.165, 1.54) is 0 Å². The summed E-state index contributed by atoms with van der Waals surface area (Å²) in [6, 6.07) is 6.04. The molecule has 1 amide bonds. The molecule has 1 aliphatic rings. The minimum Gasteiger partial charge on any atom is -0.481 e. The molecular formula is C19H23N3O3. The van der Waals surface area contributed by atoms with Crippen LogP contribution in [0, 0.1) is 26.7 Å². The SMILES string of the molecule is Cc1ccc(C)c(-n2ncc(C(=O)N[C@@H]3CC[C@H](C(=O)O)C3)c2C)c1. The van der Waals surface area contributed by atoms with Crippen LogP contribution in [0.3, 0.4) is 0 Å². The van der Waals surface area contributed by atoms with E-state index in [-0.39, 0.29) is 17.9 Å². The molecule has 1 fully saturated rings. The number of carbonyl (C=O) groups excluding carboxylic acids is 1. The van der Waals surface area contributed by atoms with Crippen molar-refractivity contribution in [1.29, 1.82) is 0 Å². The van der Waals surface area contributed by atoms with Gasteiger partial charge in [0, 0.05) is 6.04 Å². The summed E-state index contributed by atoms with van der Waals surface area (Å²) in [7, 11) is 0. The lowest BCUT2D eigenvalue weighted by molar-refractivity contribution is -0.141. The van der Waals surface area contributed by atoms with E-state index in [1.807, 2.05) is 39.0 Å². The van der Waals surface area contributed by atoms with Gasteiger partial charge in [-0.2, -0.15) is 5.10 Å². The Morgan fingerprint density at radius 3 is 2.68 bits per heavy atom. The molecule has 0 radical (unpaired) electrons. The van der Waals surface area contributed by atoms with Crippen molar-refractivity contribution in [2.24, 2.45) is 5.92 Å². The first-order chi connectivity index (χ1) is 11.9. The molecule has 132 valence electrons. The Kier molecular flexibility index (Phi) is 4.61. The van der Waals surface area contributed by atoms with E-state index in [1.54, 1.807) is 10.9 Å². The topological polar surface area (TPSA) is 84.2 Å². The standard InChI is InChI=1S/C19H23N3O3/c1-11-4-5-12(2)17(8-11)22-13(3)16(10-20-22)18(23)21-15-7-6-14(9-15)19(24)25/h4-5,8,10,14-15H,6-7,9H2,1-3H3,(H,21,23)(H,24,25)/t14-,15+/m0/s1. The van der Waals surface area contributed by atoms with Crippen LogP contribution in [0.2, 0.25) is 0 Å². The molecule has 0 aliphatic heterocycles. The number of carbonyl (C=O) groups is 2. The predicted molar refractivity (Wildman–Crippen MR) is 94.0 cm³/mol. The molecule has 2 atom stereocenters. The van der Waals surface area contributed by atoms with Gasteiger partial charge in [-0.3, -0.25) is 9.59 Å². The smallest absolute Gasteiger partial charge is 0.306 e. The molecule has 6 heteroatoms. The van der Waals surface area contributed by atoms with Crippen LogP contribution >= 0.6 is 0 Å². The highest BCUT2D eigenvalue weighted by atomic mass is 16.4. The van der Waals surface area contributed by atoms with E-state index in [2.05, 4.69) is 10.4 Å². The number of nitrogens with zero attached hydrogens (tertiary/aromatic N) is 2. The highest BCUT2D eigenvalue weighted by Gasteiger charge is 2.31. The maximum absolute atomic E-state index is 12.6. The lowest BCUT2D eigenvalue weighted by Gasteiger charge is -2.13. The van der Waals surface area contributed by atoms with Crippen LogP contribution in [-0.2, 0) is 4.79 Å². The maximum Gasteiger partial charge on any atom is 0.306 e. The van der Waals surface area contributed by atoms with Gasteiger partial charge < -0.3 is 10.4 Å². The molecule has 1 aliphatic carbocycles. The molecule has 25 heavy (non-hydrogen) atoms. The number of carboxylic acid groups (broad SMARTS) is 1. The Bertz CT molecular complexity index is 825. The fraction of sp³-hybridized carbons (Fsp3) is 0.421. The molecule has 1 aromatic carbocycles. The van der Waals surface area contributed by atoms with Gasteiger partial charge >= 0.3 is 5.97 Å². The second-order valence-corrected chi connectivity index (χ2v) is 6.86. The Balaban J connectivity index is 1.78. The Labute approximate surface area is 146 Å². The van der Waals surface area contributed by atoms with Gasteiger partial charge in [-0.05, 0) is 57.2 Å². The summed E-state index contributed by atoms with van der Waals surface area (Å²) < 4.78 is 1.78. The number of hydrogen-bond donors (Lipinski definition) is 2. The van der Waals surface area contributed by atoms with Crippen molar-refractivity contribution in [3.63, 3.8) is 0 Å². The van der Waals surface area contributed by atoms with E-state index in [9.17, 15) is 9.59 Å². The van der Waals surface area contributed by atoms with Crippen molar-refractivity contribution >= 4 is 11.9 Å². The summed E-state index contributed by atoms with van der Waals surface area (Å²) in [4.78, 5) is 23.6. The third kappa shape index (κ3) is 3.43. The van der Waals surface area contributed by atoms with Gasteiger partial charge in [0.1, 0.15) is 0 Å². The zero-order chi connectivity index (χ0) is 18.1. The van der Waals surface area contributed by atoms with Crippen LogP contribution in [0.15, 0.2) is 24.4 Å². The molecular weight excluding hydrogens is 318 g/mol. The molecule has 0 saturated heterocycles. The zero-order valence-corrected chi connectivity index (χ0v) is 14.7. The number of amides is 1. The number of hydrogen-bond acceptors (Lipinski definition) is 3. The Morgan fingerprint density at radius 1 is 1.24 bits per heavy atom. The van der Waals surface area contributed by atoms with Crippen LogP contribution in [0.1, 0.15) is 46.4 Å². The molecule has 3 rings (SSSR count). The molecule has 0 bridgehead atoms. The molecule has 2 aromatic rings. The average Bonchev–Trinajstić information content (AvgIpc) is 3.16. The van der Waals surface area contributed by atoms with Gasteiger partial charge in [-0.1, -0.05) is 12.1 Å². The lowest BCUT2D eigenvalue weighted by atomic mass is 10.1. The van der Waals surface area contributed by atoms with Crippen LogP contribution < -0.4 is 5.32 Å². The highest BCUT2D eigenvalue weighted by Crippen LogP contribution is 2.26. The molecule has 1 saturated carbocycles. The van der Waals surface area contributed by atoms with Gasteiger partial charge in [0.2, 0.25) is 0 Å². The predicted octanol–water partition coefficient (Wildman–Crippen LogP) is 2.78. The van der Waals surface area contributed by atoms with Gasteiger partial charge in [0.15, 0.2) is 0 Å². The zero-order valence-electron chi connectivity index (χ0n) is 14.7. The lowest BCUT2D eigenvalue weighted by Crippen LogP contribution is -2.33. The van der Waals surface area contributed by atoms with Crippen LogP contribution in [0.5, 0.6) is 0 Å². The van der Waals surface area contributed by atoms with Gasteiger partial charge in [0.25, 0.3) is 5.91 Å². The number of aryl methyl sites for hydroxylation is 2. The summed E-state index contributed by atoms with van der Waals surface area (Å²) in [6.45, 7) is 5.91. The molecule has 6 nitrogen and oxygen atoms in total. The number of aliphatic carboxylic acids is 1. The van der Waals surface area contributed by atoms with Crippen molar-refractivity contribution in [2.75, 3.05) is 0 Å². The summed E-state index contributed by atoms with van der Waals surface area (Å²) in [5.74, 6) is -1.33. The van der Waals surface area contributed by atoms with Gasteiger partial charge in [0.05, 0.1) is 29.1 Å². The maximum atomic E-state index is 12.6. The first-order valence-corrected chi connectivity index (χ1v) is 8.52. The quantitative estimate of drug-likeness (QED) is 0.895. The molecule has 1 heterocycles. The molecule has 1 aromatic heterocycles. The van der Waals surface area contributed by atoms with Crippen LogP contribution in [0.4, 0.5) is 0 Å².